The van der Waals surface area contributed by atoms with Gasteiger partial charge in [-0.05, 0) is 58.4 Å². The molecule has 0 N–H and O–H groups in total. The number of allylic oxidation sites excluding steroid dienone is 3. The molecule has 2 aliphatic rings. The van der Waals surface area contributed by atoms with Gasteiger partial charge in [-0.2, -0.15) is 0 Å². The largest absolute Gasteiger partial charge is 0.255 e. The molecule has 0 aromatic carbocycles. The highest BCUT2D eigenvalue weighted by atomic mass is 14.8. The molecule has 1 heterocycles. The third kappa shape index (κ3) is 2.78. The quantitative estimate of drug-likeness (QED) is 0.789. The van der Waals surface area contributed by atoms with Crippen molar-refractivity contribution in [2.24, 2.45) is 5.92 Å². The van der Waals surface area contributed by atoms with Crippen molar-refractivity contribution < 1.29 is 0 Å². The van der Waals surface area contributed by atoms with Crippen LogP contribution in [0.25, 0.3) is 6.08 Å². The zero-order valence-electron chi connectivity index (χ0n) is 12.0. The fourth-order valence-corrected chi connectivity index (χ4v) is 2.98. The van der Waals surface area contributed by atoms with E-state index in [0.717, 1.165) is 17.1 Å². The van der Waals surface area contributed by atoms with Gasteiger partial charge in [-0.25, -0.2) is 0 Å². The van der Waals surface area contributed by atoms with Gasteiger partial charge in [-0.3, -0.25) is 9.97 Å². The van der Waals surface area contributed by atoms with Crippen molar-refractivity contribution in [3.05, 3.63) is 46.4 Å². The monoisotopic (exact) mass is 253 g/mol. The second-order valence-corrected chi connectivity index (χ2v) is 5.84. The second-order valence-electron chi connectivity index (χ2n) is 5.84. The maximum absolute atomic E-state index is 4.50. The van der Waals surface area contributed by atoms with Gasteiger partial charge in [-0.1, -0.05) is 16.7 Å². The molecule has 0 amide bonds. The van der Waals surface area contributed by atoms with E-state index >= 15 is 0 Å². The Morgan fingerprint density at radius 1 is 1.21 bits per heavy atom. The fraction of sp³-hybridized carbons (Fsp3) is 0.471. The Balaban J connectivity index is 1.75. The lowest BCUT2D eigenvalue weighted by Gasteiger charge is -2.16. The molecule has 1 aromatic rings. The van der Waals surface area contributed by atoms with Crippen molar-refractivity contribution in [3.8, 4) is 0 Å². The zero-order chi connectivity index (χ0) is 13.4. The minimum atomic E-state index is 0.712. The van der Waals surface area contributed by atoms with Gasteiger partial charge >= 0.3 is 0 Å². The number of aromatic nitrogens is 2. The average molecular weight is 253 g/mol. The molecule has 99 valence electrons. The highest BCUT2D eigenvalue weighted by molar-refractivity contribution is 5.53. The number of aryl methyl sites for hydroxylation is 2. The van der Waals surface area contributed by atoms with Gasteiger partial charge in [0.1, 0.15) is 0 Å². The van der Waals surface area contributed by atoms with Crippen LogP contribution in [0.4, 0.5) is 0 Å². The van der Waals surface area contributed by atoms with Gasteiger partial charge in [0.05, 0.1) is 17.1 Å². The summed E-state index contributed by atoms with van der Waals surface area (Å²) in [7, 11) is 0. The first kappa shape index (κ1) is 12.6. The summed E-state index contributed by atoms with van der Waals surface area (Å²) in [5.41, 5.74) is 7.77. The van der Waals surface area contributed by atoms with Crippen LogP contribution >= 0.6 is 0 Å². The van der Waals surface area contributed by atoms with E-state index < -0.39 is 0 Å². The molecule has 0 saturated carbocycles. The Bertz CT molecular complexity index is 551. The molecule has 3 rings (SSSR count). The first-order valence-corrected chi connectivity index (χ1v) is 7.18. The van der Waals surface area contributed by atoms with Crippen molar-refractivity contribution >= 4 is 6.08 Å². The first-order chi connectivity index (χ1) is 9.13. The van der Waals surface area contributed by atoms with Crippen LogP contribution in [-0.4, -0.2) is 9.97 Å². The van der Waals surface area contributed by atoms with E-state index in [1.165, 1.54) is 31.3 Å². The van der Waals surface area contributed by atoms with E-state index in [-0.39, 0.29) is 0 Å². The van der Waals surface area contributed by atoms with E-state index in [0.29, 0.717) is 5.92 Å². The topological polar surface area (TPSA) is 25.8 Å². The lowest BCUT2D eigenvalue weighted by molar-refractivity contribution is 0.532. The number of hydrogen-bond acceptors (Lipinski definition) is 2. The van der Waals surface area contributed by atoms with E-state index in [2.05, 4.69) is 29.4 Å². The molecule has 0 fully saturated rings. The van der Waals surface area contributed by atoms with Crippen molar-refractivity contribution in [3.63, 3.8) is 0 Å². The van der Waals surface area contributed by atoms with Crippen LogP contribution in [0, 0.1) is 26.2 Å². The molecule has 0 spiro atoms. The Kier molecular flexibility index (Phi) is 3.26. The summed E-state index contributed by atoms with van der Waals surface area (Å²) in [4.78, 5) is 8.99. The van der Waals surface area contributed by atoms with E-state index in [1.807, 2.05) is 20.0 Å². The second kappa shape index (κ2) is 4.92. The standard InChI is InChI=1S/C17H21N2/c1-11(8-17-13(3)19-12(2)10-18-17)14-4-6-15-9-16(15)7-5-14/h8-10,14H,4-7H2,1-3H3/b11-8+. The summed E-state index contributed by atoms with van der Waals surface area (Å²) in [6.07, 6.45) is 11.6. The van der Waals surface area contributed by atoms with Crippen molar-refractivity contribution in [1.82, 2.24) is 9.97 Å². The maximum atomic E-state index is 4.50. The Labute approximate surface area is 115 Å². The number of hydrogen-bond donors (Lipinski definition) is 0. The minimum absolute atomic E-state index is 0.712. The molecule has 0 saturated heterocycles. The van der Waals surface area contributed by atoms with Crippen LogP contribution in [0.15, 0.2) is 22.9 Å². The molecule has 2 nitrogen and oxygen atoms in total. The Hall–Kier alpha value is -1.44. The van der Waals surface area contributed by atoms with Gasteiger partial charge in [0.25, 0.3) is 0 Å². The van der Waals surface area contributed by atoms with E-state index in [1.54, 1.807) is 11.1 Å². The van der Waals surface area contributed by atoms with Gasteiger partial charge in [0.2, 0.25) is 0 Å². The normalized spacial score (nSPS) is 20.3. The molecule has 1 radical (unpaired) electrons. The average Bonchev–Trinajstić information content (AvgIpc) is 3.10. The molecular formula is C17H21N2. The fourth-order valence-electron chi connectivity index (χ4n) is 2.98. The summed E-state index contributed by atoms with van der Waals surface area (Å²) in [6.45, 7) is 6.28. The zero-order valence-corrected chi connectivity index (χ0v) is 12.0. The first-order valence-electron chi connectivity index (χ1n) is 7.18. The smallest absolute Gasteiger partial charge is 0.0841 e. The van der Waals surface area contributed by atoms with Crippen LogP contribution in [0.1, 0.15) is 49.7 Å². The number of rotatable bonds is 2. The highest BCUT2D eigenvalue weighted by Crippen LogP contribution is 2.43. The van der Waals surface area contributed by atoms with Crippen LogP contribution < -0.4 is 0 Å². The predicted octanol–water partition coefficient (Wildman–Crippen LogP) is 4.20. The molecule has 2 aliphatic carbocycles. The van der Waals surface area contributed by atoms with Crippen LogP contribution in [0.2, 0.25) is 0 Å². The lowest BCUT2D eigenvalue weighted by atomic mass is 9.90. The van der Waals surface area contributed by atoms with Crippen molar-refractivity contribution in [2.75, 3.05) is 0 Å². The highest BCUT2D eigenvalue weighted by Gasteiger charge is 2.27. The maximum Gasteiger partial charge on any atom is 0.0841 e. The van der Waals surface area contributed by atoms with Crippen LogP contribution in [0.3, 0.4) is 0 Å². The summed E-state index contributed by atoms with van der Waals surface area (Å²) in [5, 5.41) is 0. The Morgan fingerprint density at radius 2 is 1.89 bits per heavy atom. The molecule has 0 bridgehead atoms. The van der Waals surface area contributed by atoms with E-state index in [9.17, 15) is 0 Å². The summed E-state index contributed by atoms with van der Waals surface area (Å²) in [5.74, 6) is 0.712. The van der Waals surface area contributed by atoms with Crippen molar-refractivity contribution in [2.45, 2.75) is 46.5 Å². The lowest BCUT2D eigenvalue weighted by Crippen LogP contribution is -2.03. The summed E-state index contributed by atoms with van der Waals surface area (Å²) >= 11 is 0. The third-order valence-electron chi connectivity index (χ3n) is 4.32. The van der Waals surface area contributed by atoms with Gasteiger partial charge in [-0.15, -0.1) is 0 Å². The third-order valence-corrected chi connectivity index (χ3v) is 4.32. The van der Waals surface area contributed by atoms with Gasteiger partial charge in [0, 0.05) is 12.6 Å². The summed E-state index contributed by atoms with van der Waals surface area (Å²) in [6, 6.07) is 0. The van der Waals surface area contributed by atoms with Crippen LogP contribution in [-0.2, 0) is 0 Å². The van der Waals surface area contributed by atoms with Gasteiger partial charge in [0.15, 0.2) is 0 Å². The predicted molar refractivity (Wildman–Crippen MR) is 78.4 cm³/mol. The Morgan fingerprint density at radius 3 is 2.53 bits per heavy atom. The number of nitrogens with zero attached hydrogens (tertiary/aromatic N) is 2. The molecule has 0 unspecified atom stereocenters. The molecule has 19 heavy (non-hydrogen) atoms. The van der Waals surface area contributed by atoms with Crippen LogP contribution in [0.5, 0.6) is 0 Å². The van der Waals surface area contributed by atoms with Gasteiger partial charge < -0.3 is 0 Å². The summed E-state index contributed by atoms with van der Waals surface area (Å²) < 4.78 is 0. The molecule has 1 aromatic heterocycles. The van der Waals surface area contributed by atoms with Crippen molar-refractivity contribution in [1.29, 1.82) is 0 Å². The van der Waals surface area contributed by atoms with E-state index in [4.69, 9.17) is 0 Å². The molecular weight excluding hydrogens is 232 g/mol. The molecule has 0 aliphatic heterocycles. The molecule has 2 heteroatoms. The minimum Gasteiger partial charge on any atom is -0.255 e. The molecule has 0 atom stereocenters. The SMILES string of the molecule is C/C(=C\c1ncc(C)nc1C)C1CCC2=C([CH]2)CC1.